The van der Waals surface area contributed by atoms with Gasteiger partial charge in [0.2, 0.25) is 0 Å². The van der Waals surface area contributed by atoms with E-state index in [9.17, 15) is 19.3 Å². The summed E-state index contributed by atoms with van der Waals surface area (Å²) >= 11 is 0. The maximum absolute atomic E-state index is 14.9. The predicted octanol–water partition coefficient (Wildman–Crippen LogP) is 4.93. The second kappa shape index (κ2) is 8.66. The largest absolute Gasteiger partial charge is 0.377 e. The molecule has 0 spiro atoms. The molecule has 4 nitrogen and oxygen atoms in total. The molecule has 3 rings (SSSR count). The van der Waals surface area contributed by atoms with Crippen LogP contribution in [0.4, 0.5) is 20.2 Å². The zero-order valence-corrected chi connectivity index (χ0v) is 14.8. The van der Waals surface area contributed by atoms with Gasteiger partial charge >= 0.3 is 0 Å². The van der Waals surface area contributed by atoms with Gasteiger partial charge in [-0.05, 0) is 11.1 Å². The number of anilines is 2. The first-order valence-corrected chi connectivity index (χ1v) is 8.56. The number of halogens is 2. The predicted molar refractivity (Wildman–Crippen MR) is 103 cm³/mol. The maximum atomic E-state index is 14.9. The van der Waals surface area contributed by atoms with E-state index in [1.807, 2.05) is 60.7 Å². The van der Waals surface area contributed by atoms with E-state index in [2.05, 4.69) is 10.6 Å². The van der Waals surface area contributed by atoms with E-state index in [1.165, 1.54) is 0 Å². The number of nitrogens with one attached hydrogen (secondary N) is 2. The summed E-state index contributed by atoms with van der Waals surface area (Å²) in [6.45, 7) is 0.460. The molecule has 0 aliphatic heterocycles. The Morgan fingerprint density at radius 3 is 1.32 bits per heavy atom. The summed E-state index contributed by atoms with van der Waals surface area (Å²) in [4.78, 5) is 0. The summed E-state index contributed by atoms with van der Waals surface area (Å²) in [6.07, 6.45) is 0. The van der Waals surface area contributed by atoms with Crippen molar-refractivity contribution < 1.29 is 8.78 Å². The lowest BCUT2D eigenvalue weighted by Gasteiger charge is -2.18. The Morgan fingerprint density at radius 1 is 0.643 bits per heavy atom. The Labute approximate surface area is 161 Å². The van der Waals surface area contributed by atoms with Crippen LogP contribution in [0.25, 0.3) is 0 Å². The molecule has 6 heteroatoms. The Kier molecular flexibility index (Phi) is 5.84. The molecule has 0 amide bonds. The van der Waals surface area contributed by atoms with Crippen LogP contribution in [0, 0.1) is 34.3 Å². The summed E-state index contributed by atoms with van der Waals surface area (Å²) in [5.41, 5.74) is 0.153. The molecule has 0 heterocycles. The average molecular weight is 374 g/mol. The molecule has 0 radical (unpaired) electrons. The monoisotopic (exact) mass is 374 g/mol. The molecule has 0 saturated carbocycles. The van der Waals surface area contributed by atoms with E-state index >= 15 is 0 Å². The standard InChI is InChI=1S/C22H16F2N4/c23-19-17(11-25)18(12-26)20(24)22(28-14-16-9-5-2-6-10-16)21(19)27-13-15-7-3-1-4-8-15/h1-10,27-28H,13-14H2. The van der Waals surface area contributed by atoms with Gasteiger partial charge in [0.1, 0.15) is 23.3 Å². The Morgan fingerprint density at radius 2 is 1.00 bits per heavy atom. The number of nitriles is 2. The minimum Gasteiger partial charge on any atom is -0.377 e. The van der Waals surface area contributed by atoms with Crippen LogP contribution in [0.1, 0.15) is 22.3 Å². The Bertz CT molecular complexity index is 966. The third-order valence-electron chi connectivity index (χ3n) is 4.23. The van der Waals surface area contributed by atoms with Crippen LogP contribution in [0.3, 0.4) is 0 Å². The van der Waals surface area contributed by atoms with Crippen LogP contribution in [0.5, 0.6) is 0 Å². The highest BCUT2D eigenvalue weighted by atomic mass is 19.1. The van der Waals surface area contributed by atoms with Gasteiger partial charge in [0.25, 0.3) is 0 Å². The number of benzene rings is 3. The van der Waals surface area contributed by atoms with Gasteiger partial charge in [-0.25, -0.2) is 8.78 Å². The van der Waals surface area contributed by atoms with Crippen molar-refractivity contribution in [3.63, 3.8) is 0 Å². The lowest BCUT2D eigenvalue weighted by molar-refractivity contribution is 0.598. The highest BCUT2D eigenvalue weighted by molar-refractivity contribution is 5.76. The molecular weight excluding hydrogens is 358 g/mol. The van der Waals surface area contributed by atoms with Gasteiger partial charge in [-0.2, -0.15) is 10.5 Å². The van der Waals surface area contributed by atoms with Crippen LogP contribution >= 0.6 is 0 Å². The van der Waals surface area contributed by atoms with Crippen LogP contribution in [-0.2, 0) is 13.1 Å². The summed E-state index contributed by atoms with van der Waals surface area (Å²) in [6, 6.07) is 21.6. The maximum Gasteiger partial charge on any atom is 0.167 e. The quantitative estimate of drug-likeness (QED) is 0.642. The van der Waals surface area contributed by atoms with Gasteiger partial charge in [0.15, 0.2) is 11.6 Å². The smallest absolute Gasteiger partial charge is 0.167 e. The highest BCUT2D eigenvalue weighted by Crippen LogP contribution is 2.35. The van der Waals surface area contributed by atoms with Crippen molar-refractivity contribution in [3.8, 4) is 12.1 Å². The second-order valence-corrected chi connectivity index (χ2v) is 6.03. The minimum atomic E-state index is -0.952. The van der Waals surface area contributed by atoms with E-state index in [1.54, 1.807) is 12.1 Å². The number of hydrogen-bond donors (Lipinski definition) is 2. The molecule has 138 valence electrons. The van der Waals surface area contributed by atoms with Crippen molar-refractivity contribution in [1.82, 2.24) is 0 Å². The average Bonchev–Trinajstić information content (AvgIpc) is 2.74. The SMILES string of the molecule is N#Cc1c(F)c(NCc2ccccc2)c(NCc2ccccc2)c(F)c1C#N. The fourth-order valence-electron chi connectivity index (χ4n) is 2.80. The third-order valence-corrected chi connectivity index (χ3v) is 4.23. The highest BCUT2D eigenvalue weighted by Gasteiger charge is 2.24. The first kappa shape index (κ1) is 18.9. The van der Waals surface area contributed by atoms with Crippen molar-refractivity contribution in [2.24, 2.45) is 0 Å². The van der Waals surface area contributed by atoms with Gasteiger partial charge in [0, 0.05) is 13.1 Å². The topological polar surface area (TPSA) is 71.6 Å². The summed E-state index contributed by atoms with van der Waals surface area (Å²) in [7, 11) is 0. The number of hydrogen-bond acceptors (Lipinski definition) is 4. The Balaban J connectivity index is 2.00. The molecule has 3 aromatic rings. The first-order chi connectivity index (χ1) is 13.7. The van der Waals surface area contributed by atoms with E-state index in [4.69, 9.17) is 0 Å². The van der Waals surface area contributed by atoms with Gasteiger partial charge in [-0.15, -0.1) is 0 Å². The lowest BCUT2D eigenvalue weighted by Crippen LogP contribution is -2.12. The second-order valence-electron chi connectivity index (χ2n) is 6.03. The van der Waals surface area contributed by atoms with Crippen molar-refractivity contribution in [3.05, 3.63) is 94.6 Å². The molecule has 0 aliphatic carbocycles. The van der Waals surface area contributed by atoms with Gasteiger partial charge < -0.3 is 10.6 Å². The zero-order valence-electron chi connectivity index (χ0n) is 14.8. The zero-order chi connectivity index (χ0) is 19.9. The lowest BCUT2D eigenvalue weighted by atomic mass is 10.0. The first-order valence-electron chi connectivity index (χ1n) is 8.56. The molecule has 0 fully saturated rings. The van der Waals surface area contributed by atoms with Crippen LogP contribution in [0.15, 0.2) is 60.7 Å². The molecule has 28 heavy (non-hydrogen) atoms. The summed E-state index contributed by atoms with van der Waals surface area (Å²) in [5.74, 6) is -1.90. The van der Waals surface area contributed by atoms with Crippen molar-refractivity contribution >= 4 is 11.4 Å². The van der Waals surface area contributed by atoms with Gasteiger partial charge in [0.05, 0.1) is 11.4 Å². The fraction of sp³-hybridized carbons (Fsp3) is 0.0909. The molecule has 0 aromatic heterocycles. The van der Waals surface area contributed by atoms with Gasteiger partial charge in [-0.1, -0.05) is 60.7 Å². The van der Waals surface area contributed by atoms with Gasteiger partial charge in [-0.3, -0.25) is 0 Å². The Hall–Kier alpha value is -3.90. The van der Waals surface area contributed by atoms with E-state index in [-0.39, 0.29) is 24.5 Å². The van der Waals surface area contributed by atoms with E-state index in [0.29, 0.717) is 0 Å². The van der Waals surface area contributed by atoms with E-state index in [0.717, 1.165) is 11.1 Å². The van der Waals surface area contributed by atoms with E-state index < -0.39 is 22.8 Å². The summed E-state index contributed by atoms with van der Waals surface area (Å²) in [5, 5.41) is 24.1. The number of rotatable bonds is 6. The molecule has 0 aliphatic rings. The summed E-state index contributed by atoms with van der Waals surface area (Å²) < 4.78 is 29.9. The van der Waals surface area contributed by atoms with Crippen molar-refractivity contribution in [1.29, 1.82) is 10.5 Å². The van der Waals surface area contributed by atoms with Crippen molar-refractivity contribution in [2.45, 2.75) is 13.1 Å². The normalized spacial score (nSPS) is 10.0. The molecule has 3 aromatic carbocycles. The third kappa shape index (κ3) is 3.92. The molecular formula is C22H16F2N4. The molecule has 0 saturated heterocycles. The molecule has 0 bridgehead atoms. The van der Waals surface area contributed by atoms with Crippen LogP contribution in [-0.4, -0.2) is 0 Å². The molecule has 0 unspecified atom stereocenters. The van der Waals surface area contributed by atoms with Crippen LogP contribution in [0.2, 0.25) is 0 Å². The van der Waals surface area contributed by atoms with Crippen molar-refractivity contribution in [2.75, 3.05) is 10.6 Å². The number of nitrogens with zero attached hydrogens (tertiary/aromatic N) is 2. The molecule has 2 N–H and O–H groups in total. The fourth-order valence-corrected chi connectivity index (χ4v) is 2.80. The molecule has 0 atom stereocenters. The van der Waals surface area contributed by atoms with Crippen LogP contribution < -0.4 is 10.6 Å². The minimum absolute atomic E-state index is 0.173.